The van der Waals surface area contributed by atoms with Crippen LogP contribution in [-0.4, -0.2) is 67.6 Å². The highest BCUT2D eigenvalue weighted by Gasteiger charge is 2.50. The minimum absolute atomic E-state index is 0.0886. The maximum absolute atomic E-state index is 12.2. The van der Waals surface area contributed by atoms with E-state index in [9.17, 15) is 9.59 Å². The Morgan fingerprint density at radius 1 is 1.18 bits per heavy atom. The van der Waals surface area contributed by atoms with Crippen molar-refractivity contribution in [3.63, 3.8) is 0 Å². The lowest BCUT2D eigenvalue weighted by Crippen LogP contribution is -2.36. The summed E-state index contributed by atoms with van der Waals surface area (Å²) in [7, 11) is 3.25. The number of nitrogens with one attached hydrogen (secondary N) is 1. The van der Waals surface area contributed by atoms with E-state index >= 15 is 0 Å². The zero-order valence-corrected chi connectivity index (χ0v) is 21.4. The molecule has 2 amide bonds. The summed E-state index contributed by atoms with van der Waals surface area (Å²) in [4.78, 5) is 25.1. The van der Waals surface area contributed by atoms with Crippen molar-refractivity contribution in [2.45, 2.75) is 95.7 Å². The fourth-order valence-electron chi connectivity index (χ4n) is 4.82. The highest BCUT2D eigenvalue weighted by atomic mass is 16.6. The second-order valence-electron chi connectivity index (χ2n) is 10.5. The zero-order chi connectivity index (χ0) is 24.7. The summed E-state index contributed by atoms with van der Waals surface area (Å²) in [5.41, 5.74) is 1.36. The summed E-state index contributed by atoms with van der Waals surface area (Å²) in [6.45, 7) is 6.90. The minimum atomic E-state index is -0.448. The summed E-state index contributed by atoms with van der Waals surface area (Å²) in [5.74, 6) is 0.529. The van der Waals surface area contributed by atoms with Gasteiger partial charge in [0.1, 0.15) is 6.10 Å². The van der Waals surface area contributed by atoms with Gasteiger partial charge in [-0.3, -0.25) is 4.79 Å². The van der Waals surface area contributed by atoms with E-state index in [2.05, 4.69) is 37.4 Å². The van der Waals surface area contributed by atoms with Gasteiger partial charge in [-0.05, 0) is 64.9 Å². The molecule has 3 fully saturated rings. The Labute approximate surface area is 204 Å². The van der Waals surface area contributed by atoms with Gasteiger partial charge in [-0.25, -0.2) is 4.79 Å². The highest BCUT2D eigenvalue weighted by Crippen LogP contribution is 2.42. The molecule has 3 aliphatic rings. The molecule has 7 heteroatoms. The van der Waals surface area contributed by atoms with Crippen LogP contribution in [-0.2, 0) is 19.0 Å². The number of allylic oxidation sites excluding steroid dienone is 3. The van der Waals surface area contributed by atoms with Gasteiger partial charge in [0.15, 0.2) is 0 Å². The van der Waals surface area contributed by atoms with Crippen LogP contribution in [0.5, 0.6) is 0 Å². The Morgan fingerprint density at radius 2 is 1.88 bits per heavy atom. The van der Waals surface area contributed by atoms with Crippen LogP contribution in [0.2, 0.25) is 0 Å². The Kier molecular flexibility index (Phi) is 9.37. The molecular formula is C27H42N2O5. The number of hydrogen-bond donors (Lipinski definition) is 1. The van der Waals surface area contributed by atoms with Gasteiger partial charge < -0.3 is 24.4 Å². The SMILES string of the molecule is CC(C=C[C@@H]1C[C@@]2(CO2)CC(C)O1)=CCC1CCC(NC(=O)C=CC(C)OC(=O)N(C)C)CC1. The maximum Gasteiger partial charge on any atom is 0.409 e. The number of rotatable bonds is 8. The predicted octanol–water partition coefficient (Wildman–Crippen LogP) is 4.53. The molecule has 3 rings (SSSR count). The van der Waals surface area contributed by atoms with Crippen LogP contribution < -0.4 is 5.32 Å². The number of amides is 2. The van der Waals surface area contributed by atoms with Gasteiger partial charge in [0, 0.05) is 39.1 Å². The third-order valence-electron chi connectivity index (χ3n) is 6.90. The molecule has 0 aromatic carbocycles. The van der Waals surface area contributed by atoms with Crippen molar-refractivity contribution < 1.29 is 23.8 Å². The van der Waals surface area contributed by atoms with Crippen LogP contribution >= 0.6 is 0 Å². The van der Waals surface area contributed by atoms with Crippen molar-refractivity contribution in [3.8, 4) is 0 Å². The monoisotopic (exact) mass is 474 g/mol. The lowest BCUT2D eigenvalue weighted by atomic mass is 9.83. The second kappa shape index (κ2) is 12.0. The summed E-state index contributed by atoms with van der Waals surface area (Å²) in [6.07, 6.45) is 16.6. The number of ether oxygens (including phenoxy) is 3. The van der Waals surface area contributed by atoms with Crippen molar-refractivity contribution in [3.05, 3.63) is 36.0 Å². The molecule has 2 aliphatic heterocycles. The average molecular weight is 475 g/mol. The van der Waals surface area contributed by atoms with Gasteiger partial charge in [-0.2, -0.15) is 0 Å². The lowest BCUT2D eigenvalue weighted by Gasteiger charge is -2.30. The number of hydrogen-bond acceptors (Lipinski definition) is 5. The number of epoxide rings is 1. The van der Waals surface area contributed by atoms with E-state index < -0.39 is 12.2 Å². The zero-order valence-electron chi connectivity index (χ0n) is 21.4. The molecular weight excluding hydrogens is 432 g/mol. The fourth-order valence-corrected chi connectivity index (χ4v) is 4.82. The van der Waals surface area contributed by atoms with E-state index in [-0.39, 0.29) is 29.8 Å². The molecule has 1 N–H and O–H groups in total. The van der Waals surface area contributed by atoms with Crippen molar-refractivity contribution >= 4 is 12.0 Å². The third-order valence-corrected chi connectivity index (χ3v) is 6.90. The van der Waals surface area contributed by atoms with Gasteiger partial charge in [-0.15, -0.1) is 0 Å². The Hall–Kier alpha value is -2.12. The van der Waals surface area contributed by atoms with Crippen LogP contribution in [0.15, 0.2) is 36.0 Å². The molecule has 4 atom stereocenters. The van der Waals surface area contributed by atoms with Crippen molar-refractivity contribution in [2.24, 2.45) is 5.92 Å². The number of carbonyl (C=O) groups excluding carboxylic acids is 2. The van der Waals surface area contributed by atoms with E-state index in [0.717, 1.165) is 51.6 Å². The summed E-state index contributed by atoms with van der Waals surface area (Å²) < 4.78 is 16.9. The molecule has 0 aromatic heterocycles. The molecule has 1 saturated carbocycles. The predicted molar refractivity (Wildman–Crippen MR) is 132 cm³/mol. The largest absolute Gasteiger partial charge is 0.442 e. The van der Waals surface area contributed by atoms with Gasteiger partial charge in [0.2, 0.25) is 5.91 Å². The Morgan fingerprint density at radius 3 is 2.53 bits per heavy atom. The molecule has 1 spiro atoms. The highest BCUT2D eigenvalue weighted by molar-refractivity contribution is 5.87. The van der Waals surface area contributed by atoms with Crippen LogP contribution in [0.4, 0.5) is 4.79 Å². The van der Waals surface area contributed by atoms with Crippen molar-refractivity contribution in [1.29, 1.82) is 0 Å². The lowest BCUT2D eigenvalue weighted by molar-refractivity contribution is -0.117. The van der Waals surface area contributed by atoms with E-state index in [1.165, 1.54) is 16.5 Å². The van der Waals surface area contributed by atoms with Crippen LogP contribution in [0, 0.1) is 5.92 Å². The molecule has 7 nitrogen and oxygen atoms in total. The molecule has 0 aromatic rings. The maximum atomic E-state index is 12.2. The van der Waals surface area contributed by atoms with E-state index in [1.807, 2.05) is 0 Å². The van der Waals surface area contributed by atoms with Gasteiger partial charge >= 0.3 is 6.09 Å². The van der Waals surface area contributed by atoms with Crippen LogP contribution in [0.1, 0.15) is 65.7 Å². The minimum Gasteiger partial charge on any atom is -0.442 e. The van der Waals surface area contributed by atoms with Gasteiger partial charge in [0.05, 0.1) is 24.4 Å². The van der Waals surface area contributed by atoms with E-state index in [0.29, 0.717) is 5.92 Å². The first-order valence-electron chi connectivity index (χ1n) is 12.6. The van der Waals surface area contributed by atoms with Gasteiger partial charge in [0.25, 0.3) is 0 Å². The molecule has 34 heavy (non-hydrogen) atoms. The third kappa shape index (κ3) is 8.58. The first-order valence-corrected chi connectivity index (χ1v) is 12.6. The first-order chi connectivity index (χ1) is 16.1. The molecule has 0 radical (unpaired) electrons. The summed E-state index contributed by atoms with van der Waals surface area (Å²) in [6, 6.07) is 0.209. The molecule has 190 valence electrons. The molecule has 2 unspecified atom stereocenters. The topological polar surface area (TPSA) is 80.4 Å². The van der Waals surface area contributed by atoms with Crippen molar-refractivity contribution in [1.82, 2.24) is 10.2 Å². The second-order valence-corrected chi connectivity index (χ2v) is 10.5. The van der Waals surface area contributed by atoms with Crippen LogP contribution in [0.3, 0.4) is 0 Å². The fraction of sp³-hybridized carbons (Fsp3) is 0.704. The summed E-state index contributed by atoms with van der Waals surface area (Å²) in [5, 5.41) is 3.08. The molecule has 2 heterocycles. The number of carbonyl (C=O) groups is 2. The quantitative estimate of drug-likeness (QED) is 0.318. The summed E-state index contributed by atoms with van der Waals surface area (Å²) >= 11 is 0. The standard InChI is InChI=1S/C27H42N2O5/c1-19(7-14-24-17-27(18-32-27)16-21(3)33-24)6-9-22-10-12-23(13-11-22)28-25(30)15-8-20(2)34-26(31)29(4)5/h6-8,14-15,20-24H,9-13,16-18H2,1-5H3,(H,28,30)/t20?,21?,22?,23?,24-,27-/m1/s1. The number of nitrogens with zero attached hydrogens (tertiary/aromatic N) is 1. The van der Waals surface area contributed by atoms with Crippen molar-refractivity contribution in [2.75, 3.05) is 20.7 Å². The molecule has 0 bridgehead atoms. The molecule has 1 aliphatic carbocycles. The average Bonchev–Trinajstić information content (AvgIpc) is 3.52. The Bertz CT molecular complexity index is 791. The normalized spacial score (nSPS) is 32.7. The van der Waals surface area contributed by atoms with Gasteiger partial charge in [-0.1, -0.05) is 23.8 Å². The van der Waals surface area contributed by atoms with E-state index in [1.54, 1.807) is 27.1 Å². The Balaban J connectivity index is 1.33. The first kappa shape index (κ1) is 26.5. The van der Waals surface area contributed by atoms with Crippen LogP contribution in [0.25, 0.3) is 0 Å². The molecule has 2 saturated heterocycles. The smallest absolute Gasteiger partial charge is 0.409 e. The van der Waals surface area contributed by atoms with E-state index in [4.69, 9.17) is 14.2 Å².